The highest BCUT2D eigenvalue weighted by Crippen LogP contribution is 2.36. The van der Waals surface area contributed by atoms with Crippen LogP contribution in [0.1, 0.15) is 43.0 Å². The van der Waals surface area contributed by atoms with Crippen molar-refractivity contribution in [2.24, 2.45) is 0 Å². The fraction of sp³-hybridized carbons (Fsp3) is 0.375. The van der Waals surface area contributed by atoms with Crippen molar-refractivity contribution < 1.29 is 13.2 Å². The van der Waals surface area contributed by atoms with Crippen molar-refractivity contribution in [2.75, 3.05) is 0 Å². The topological polar surface area (TPSA) is 15.8 Å². The lowest BCUT2D eigenvalue weighted by molar-refractivity contribution is -0.138. The van der Waals surface area contributed by atoms with Gasteiger partial charge in [-0.2, -0.15) is 13.2 Å². The third-order valence-electron chi connectivity index (χ3n) is 3.34. The number of aromatic amines is 1. The minimum Gasteiger partial charge on any atom is -0.367 e. The smallest absolute Gasteiger partial charge is 0.367 e. The van der Waals surface area contributed by atoms with Crippen molar-refractivity contribution in [3.05, 3.63) is 58.9 Å². The molecule has 1 aromatic heterocycles. The van der Waals surface area contributed by atoms with Crippen LogP contribution in [0.5, 0.6) is 0 Å². The van der Waals surface area contributed by atoms with E-state index >= 15 is 0 Å². The highest BCUT2D eigenvalue weighted by Gasteiger charge is 2.34. The molecule has 0 aliphatic rings. The van der Waals surface area contributed by atoms with Gasteiger partial charge in [-0.15, -0.1) is 0 Å². The monoisotopic (exact) mass is 281 g/mol. The molecule has 0 radical (unpaired) electrons. The van der Waals surface area contributed by atoms with Gasteiger partial charge >= 0.3 is 6.18 Å². The molecular weight excluding hydrogens is 263 g/mol. The molecule has 0 saturated heterocycles. The Balaban J connectivity index is 2.46. The molecule has 0 fully saturated rings. The molecule has 0 aliphatic carbocycles. The van der Waals surface area contributed by atoms with E-state index in [9.17, 15) is 13.2 Å². The van der Waals surface area contributed by atoms with Gasteiger partial charge < -0.3 is 4.98 Å². The standard InChI is InChI=1S/C16H18F3N/c1-15(2,3)13-5-4-12(8-11-6-7-20-10-11)14(9-13)16(17,18)19/h4-7,9-10,20H,8H2,1-3H3. The molecule has 4 heteroatoms. The maximum absolute atomic E-state index is 13.2. The summed E-state index contributed by atoms with van der Waals surface area (Å²) in [6.07, 6.45) is -0.611. The van der Waals surface area contributed by atoms with Crippen molar-refractivity contribution in [1.29, 1.82) is 0 Å². The van der Waals surface area contributed by atoms with Crippen LogP contribution in [0.25, 0.3) is 0 Å². The van der Waals surface area contributed by atoms with Gasteiger partial charge in [0.05, 0.1) is 5.56 Å². The Morgan fingerprint density at radius 3 is 2.25 bits per heavy atom. The molecule has 0 unspecified atom stereocenters. The molecule has 1 heterocycles. The van der Waals surface area contributed by atoms with Gasteiger partial charge in [0.15, 0.2) is 0 Å². The summed E-state index contributed by atoms with van der Waals surface area (Å²) < 4.78 is 39.7. The SMILES string of the molecule is CC(C)(C)c1ccc(Cc2cc[nH]c2)c(C(F)(F)F)c1. The van der Waals surface area contributed by atoms with Crippen LogP contribution in [0, 0.1) is 0 Å². The Morgan fingerprint density at radius 2 is 1.75 bits per heavy atom. The molecule has 2 rings (SSSR count). The van der Waals surface area contributed by atoms with E-state index in [0.717, 1.165) is 5.56 Å². The molecule has 108 valence electrons. The first kappa shape index (κ1) is 14.7. The third-order valence-corrected chi connectivity index (χ3v) is 3.34. The van der Waals surface area contributed by atoms with Crippen molar-refractivity contribution in [1.82, 2.24) is 4.98 Å². The molecule has 0 saturated carbocycles. The zero-order chi connectivity index (χ0) is 15.0. The van der Waals surface area contributed by atoms with Gasteiger partial charge in [-0.3, -0.25) is 0 Å². The van der Waals surface area contributed by atoms with Gasteiger partial charge in [-0.05, 0) is 40.7 Å². The Kier molecular flexibility index (Phi) is 3.67. The first-order valence-corrected chi connectivity index (χ1v) is 6.50. The van der Waals surface area contributed by atoms with Crippen LogP contribution in [0.15, 0.2) is 36.7 Å². The fourth-order valence-electron chi connectivity index (χ4n) is 2.15. The zero-order valence-corrected chi connectivity index (χ0v) is 11.8. The average molecular weight is 281 g/mol. The molecule has 1 N–H and O–H groups in total. The number of benzene rings is 1. The van der Waals surface area contributed by atoms with E-state index in [4.69, 9.17) is 0 Å². The van der Waals surface area contributed by atoms with Crippen LogP contribution in [0.4, 0.5) is 13.2 Å². The average Bonchev–Trinajstić information content (AvgIpc) is 2.79. The highest BCUT2D eigenvalue weighted by molar-refractivity contribution is 5.39. The number of nitrogens with one attached hydrogen (secondary N) is 1. The molecule has 0 atom stereocenters. The number of hydrogen-bond acceptors (Lipinski definition) is 0. The number of hydrogen-bond donors (Lipinski definition) is 1. The summed E-state index contributed by atoms with van der Waals surface area (Å²) in [5.74, 6) is 0. The summed E-state index contributed by atoms with van der Waals surface area (Å²) in [6.45, 7) is 5.73. The second-order valence-corrected chi connectivity index (χ2v) is 6.02. The number of halogens is 3. The number of aromatic nitrogens is 1. The van der Waals surface area contributed by atoms with Gasteiger partial charge in [0.1, 0.15) is 0 Å². The van der Waals surface area contributed by atoms with E-state index in [1.807, 2.05) is 20.8 Å². The van der Waals surface area contributed by atoms with Crippen LogP contribution in [-0.4, -0.2) is 4.98 Å². The summed E-state index contributed by atoms with van der Waals surface area (Å²) in [4.78, 5) is 2.86. The molecular formula is C16H18F3N. The van der Waals surface area contributed by atoms with Gasteiger partial charge in [0, 0.05) is 12.4 Å². The van der Waals surface area contributed by atoms with Crippen LogP contribution >= 0.6 is 0 Å². The summed E-state index contributed by atoms with van der Waals surface area (Å²) in [6, 6.07) is 6.45. The van der Waals surface area contributed by atoms with Crippen molar-refractivity contribution >= 4 is 0 Å². The predicted octanol–water partition coefficient (Wildman–Crippen LogP) is 4.92. The lowest BCUT2D eigenvalue weighted by Crippen LogP contribution is -2.16. The third kappa shape index (κ3) is 3.24. The van der Waals surface area contributed by atoms with E-state index in [0.29, 0.717) is 11.1 Å². The maximum Gasteiger partial charge on any atom is 0.416 e. The molecule has 0 aliphatic heterocycles. The van der Waals surface area contributed by atoms with Crippen LogP contribution in [0.2, 0.25) is 0 Å². The van der Waals surface area contributed by atoms with Gasteiger partial charge in [-0.25, -0.2) is 0 Å². The molecule has 2 aromatic rings. The minimum absolute atomic E-state index is 0.281. The Hall–Kier alpha value is -1.71. The second-order valence-electron chi connectivity index (χ2n) is 6.02. The number of alkyl halides is 3. The first-order chi connectivity index (χ1) is 9.18. The largest absolute Gasteiger partial charge is 0.416 e. The normalized spacial score (nSPS) is 12.7. The molecule has 1 nitrogen and oxygen atoms in total. The lowest BCUT2D eigenvalue weighted by atomic mass is 9.84. The number of H-pyrrole nitrogens is 1. The van der Waals surface area contributed by atoms with E-state index in [1.54, 1.807) is 30.6 Å². The first-order valence-electron chi connectivity index (χ1n) is 6.50. The number of rotatable bonds is 2. The van der Waals surface area contributed by atoms with Gasteiger partial charge in [-0.1, -0.05) is 32.9 Å². The molecule has 20 heavy (non-hydrogen) atoms. The summed E-state index contributed by atoms with van der Waals surface area (Å²) in [7, 11) is 0. The van der Waals surface area contributed by atoms with Crippen molar-refractivity contribution in [3.63, 3.8) is 0 Å². The van der Waals surface area contributed by atoms with E-state index in [-0.39, 0.29) is 11.8 Å². The van der Waals surface area contributed by atoms with E-state index in [2.05, 4.69) is 4.98 Å². The molecule has 1 aromatic carbocycles. The minimum atomic E-state index is -4.33. The van der Waals surface area contributed by atoms with Gasteiger partial charge in [0.25, 0.3) is 0 Å². The van der Waals surface area contributed by atoms with Crippen LogP contribution < -0.4 is 0 Å². The van der Waals surface area contributed by atoms with E-state index < -0.39 is 11.7 Å². The fourth-order valence-corrected chi connectivity index (χ4v) is 2.15. The van der Waals surface area contributed by atoms with E-state index in [1.165, 1.54) is 6.07 Å². The summed E-state index contributed by atoms with van der Waals surface area (Å²) in [5, 5.41) is 0. The predicted molar refractivity (Wildman–Crippen MR) is 73.7 cm³/mol. The summed E-state index contributed by atoms with van der Waals surface area (Å²) in [5.41, 5.74) is 1.02. The molecule has 0 bridgehead atoms. The summed E-state index contributed by atoms with van der Waals surface area (Å²) >= 11 is 0. The van der Waals surface area contributed by atoms with Crippen LogP contribution in [-0.2, 0) is 18.0 Å². The van der Waals surface area contributed by atoms with Crippen molar-refractivity contribution in [2.45, 2.75) is 38.8 Å². The maximum atomic E-state index is 13.2. The quantitative estimate of drug-likeness (QED) is 0.804. The zero-order valence-electron chi connectivity index (χ0n) is 11.8. The molecule has 0 spiro atoms. The van der Waals surface area contributed by atoms with Crippen LogP contribution in [0.3, 0.4) is 0 Å². The molecule has 0 amide bonds. The Labute approximate surface area is 116 Å². The van der Waals surface area contributed by atoms with Gasteiger partial charge in [0.2, 0.25) is 0 Å². The highest BCUT2D eigenvalue weighted by atomic mass is 19.4. The lowest BCUT2D eigenvalue weighted by Gasteiger charge is -2.22. The Morgan fingerprint density at radius 1 is 1.05 bits per heavy atom. The Bertz CT molecular complexity index is 575. The van der Waals surface area contributed by atoms with Crippen molar-refractivity contribution in [3.8, 4) is 0 Å². The second kappa shape index (κ2) is 5.00.